The number of rotatable bonds is 3. The fraction of sp³-hybridized carbons (Fsp3) is 0. The van der Waals surface area contributed by atoms with Crippen molar-refractivity contribution in [2.75, 3.05) is 5.32 Å². The number of carbonyl (C=O) groups excluding carboxylic acids is 1. The molecule has 0 aliphatic rings. The fourth-order valence-corrected chi connectivity index (χ4v) is 1.40. The summed E-state index contributed by atoms with van der Waals surface area (Å²) in [5.41, 5.74) is 2.33. The zero-order valence-corrected chi connectivity index (χ0v) is 8.55. The van der Waals surface area contributed by atoms with Crippen LogP contribution in [0.4, 0.5) is 17.1 Å². The second kappa shape index (κ2) is 4.91. The van der Waals surface area contributed by atoms with Crippen molar-refractivity contribution < 1.29 is 4.79 Å². The Labute approximate surface area is 93.5 Å². The van der Waals surface area contributed by atoms with Crippen molar-refractivity contribution in [3.05, 3.63) is 54.6 Å². The summed E-state index contributed by atoms with van der Waals surface area (Å²) in [6, 6.07) is 17.0. The predicted octanol–water partition coefficient (Wildman–Crippen LogP) is 3.40. The molecule has 0 atom stereocenters. The van der Waals surface area contributed by atoms with Gasteiger partial charge < -0.3 is 5.32 Å². The van der Waals surface area contributed by atoms with Gasteiger partial charge in [-0.05, 0) is 24.3 Å². The predicted molar refractivity (Wildman–Crippen MR) is 63.9 cm³/mol. The van der Waals surface area contributed by atoms with Crippen LogP contribution in [0.1, 0.15) is 0 Å². The molecule has 0 aromatic heterocycles. The van der Waals surface area contributed by atoms with Gasteiger partial charge in [-0.2, -0.15) is 4.99 Å². The molecule has 2 aromatic carbocycles. The van der Waals surface area contributed by atoms with Crippen LogP contribution in [0.5, 0.6) is 0 Å². The Hall–Kier alpha value is -2.38. The summed E-state index contributed by atoms with van der Waals surface area (Å²) in [6.45, 7) is 0. The first-order chi connectivity index (χ1) is 7.90. The molecule has 0 aliphatic carbocycles. The Bertz CT molecular complexity index is 516. The van der Waals surface area contributed by atoms with Gasteiger partial charge in [0, 0.05) is 5.69 Å². The highest BCUT2D eigenvalue weighted by molar-refractivity contribution is 5.73. The number of para-hydroxylation sites is 3. The average molecular weight is 210 g/mol. The standard InChI is InChI=1S/C13H10N2O/c16-10-14-12-8-4-5-9-13(12)15-11-6-2-1-3-7-11/h1-9,15H. The van der Waals surface area contributed by atoms with E-state index in [1.165, 1.54) is 0 Å². The van der Waals surface area contributed by atoms with Gasteiger partial charge in [0.15, 0.2) is 0 Å². The largest absolute Gasteiger partial charge is 0.354 e. The topological polar surface area (TPSA) is 41.5 Å². The number of benzene rings is 2. The van der Waals surface area contributed by atoms with E-state index in [0.29, 0.717) is 5.69 Å². The molecular formula is C13H10N2O. The molecule has 78 valence electrons. The molecule has 0 fully saturated rings. The molecular weight excluding hydrogens is 200 g/mol. The SMILES string of the molecule is O=C=Nc1ccccc1Nc1ccccc1. The third kappa shape index (κ3) is 2.35. The van der Waals surface area contributed by atoms with E-state index in [9.17, 15) is 4.79 Å². The second-order valence-corrected chi connectivity index (χ2v) is 3.21. The lowest BCUT2D eigenvalue weighted by atomic mass is 10.2. The van der Waals surface area contributed by atoms with Crippen LogP contribution in [0.25, 0.3) is 0 Å². The number of hydrogen-bond acceptors (Lipinski definition) is 3. The highest BCUT2D eigenvalue weighted by Gasteiger charge is 1.99. The number of isocyanates is 1. The molecule has 0 radical (unpaired) electrons. The van der Waals surface area contributed by atoms with Gasteiger partial charge in [0.05, 0.1) is 11.4 Å². The van der Waals surface area contributed by atoms with E-state index in [4.69, 9.17) is 0 Å². The van der Waals surface area contributed by atoms with Crippen molar-refractivity contribution in [1.82, 2.24) is 0 Å². The smallest absolute Gasteiger partial charge is 0.240 e. The Morgan fingerprint density at radius 2 is 1.62 bits per heavy atom. The summed E-state index contributed by atoms with van der Waals surface area (Å²) in [5.74, 6) is 0. The molecule has 0 amide bonds. The molecule has 0 aliphatic heterocycles. The monoisotopic (exact) mass is 210 g/mol. The molecule has 3 nitrogen and oxygen atoms in total. The minimum absolute atomic E-state index is 0.585. The molecule has 0 heterocycles. The fourth-order valence-electron chi connectivity index (χ4n) is 1.40. The maximum Gasteiger partial charge on any atom is 0.240 e. The van der Waals surface area contributed by atoms with E-state index in [1.54, 1.807) is 12.1 Å². The molecule has 2 rings (SSSR count). The van der Waals surface area contributed by atoms with E-state index in [2.05, 4.69) is 10.3 Å². The highest BCUT2D eigenvalue weighted by Crippen LogP contribution is 2.26. The third-order valence-corrected chi connectivity index (χ3v) is 2.12. The maximum atomic E-state index is 10.3. The van der Waals surface area contributed by atoms with Crippen LogP contribution >= 0.6 is 0 Å². The van der Waals surface area contributed by atoms with E-state index in [0.717, 1.165) is 11.4 Å². The van der Waals surface area contributed by atoms with Crippen LogP contribution in [0, 0.1) is 0 Å². The van der Waals surface area contributed by atoms with E-state index in [1.807, 2.05) is 48.5 Å². The van der Waals surface area contributed by atoms with Crippen molar-refractivity contribution in [2.45, 2.75) is 0 Å². The number of aliphatic imine (C=N–C) groups is 1. The second-order valence-electron chi connectivity index (χ2n) is 3.21. The van der Waals surface area contributed by atoms with E-state index < -0.39 is 0 Å². The molecule has 0 saturated carbocycles. The minimum Gasteiger partial charge on any atom is -0.354 e. The van der Waals surface area contributed by atoms with Gasteiger partial charge >= 0.3 is 0 Å². The first-order valence-corrected chi connectivity index (χ1v) is 4.89. The van der Waals surface area contributed by atoms with Crippen molar-refractivity contribution >= 4 is 23.1 Å². The lowest BCUT2D eigenvalue weighted by molar-refractivity contribution is 0.565. The van der Waals surface area contributed by atoms with Gasteiger partial charge in [-0.3, -0.25) is 0 Å². The molecule has 16 heavy (non-hydrogen) atoms. The van der Waals surface area contributed by atoms with Gasteiger partial charge in [0.2, 0.25) is 6.08 Å². The van der Waals surface area contributed by atoms with Crippen molar-refractivity contribution in [3.63, 3.8) is 0 Å². The molecule has 3 heteroatoms. The van der Waals surface area contributed by atoms with Crippen LogP contribution in [0.15, 0.2) is 59.6 Å². The van der Waals surface area contributed by atoms with Crippen molar-refractivity contribution in [3.8, 4) is 0 Å². The van der Waals surface area contributed by atoms with Gasteiger partial charge in [-0.15, -0.1) is 0 Å². The van der Waals surface area contributed by atoms with Gasteiger partial charge in [0.25, 0.3) is 0 Å². The number of nitrogens with zero attached hydrogens (tertiary/aromatic N) is 1. The highest BCUT2D eigenvalue weighted by atomic mass is 16.1. The summed E-state index contributed by atoms with van der Waals surface area (Å²) in [5, 5.41) is 3.18. The summed E-state index contributed by atoms with van der Waals surface area (Å²) < 4.78 is 0. The normalized spacial score (nSPS) is 9.25. The molecule has 0 bridgehead atoms. The molecule has 0 spiro atoms. The van der Waals surface area contributed by atoms with Gasteiger partial charge in [-0.1, -0.05) is 30.3 Å². The lowest BCUT2D eigenvalue weighted by Gasteiger charge is -2.07. The zero-order valence-electron chi connectivity index (χ0n) is 8.55. The minimum atomic E-state index is 0.585. The molecule has 0 unspecified atom stereocenters. The lowest BCUT2D eigenvalue weighted by Crippen LogP contribution is -1.89. The summed E-state index contributed by atoms with van der Waals surface area (Å²) in [7, 11) is 0. The molecule has 2 aromatic rings. The first-order valence-electron chi connectivity index (χ1n) is 4.89. The third-order valence-electron chi connectivity index (χ3n) is 2.12. The van der Waals surface area contributed by atoms with Gasteiger partial charge in [-0.25, -0.2) is 4.79 Å². The molecule has 0 saturated heterocycles. The van der Waals surface area contributed by atoms with Crippen LogP contribution in [-0.4, -0.2) is 6.08 Å². The van der Waals surface area contributed by atoms with E-state index in [-0.39, 0.29) is 0 Å². The van der Waals surface area contributed by atoms with E-state index >= 15 is 0 Å². The van der Waals surface area contributed by atoms with Crippen molar-refractivity contribution in [1.29, 1.82) is 0 Å². The summed E-state index contributed by atoms with van der Waals surface area (Å²) in [4.78, 5) is 13.9. The van der Waals surface area contributed by atoms with Crippen LogP contribution < -0.4 is 5.32 Å². The summed E-state index contributed by atoms with van der Waals surface area (Å²) in [6.07, 6.45) is 1.55. The molecule has 1 N–H and O–H groups in total. The Morgan fingerprint density at radius 3 is 2.38 bits per heavy atom. The Kier molecular flexibility index (Phi) is 3.12. The van der Waals surface area contributed by atoms with Crippen LogP contribution in [0.2, 0.25) is 0 Å². The van der Waals surface area contributed by atoms with Crippen LogP contribution in [-0.2, 0) is 4.79 Å². The first kappa shape index (κ1) is 10.1. The number of nitrogens with one attached hydrogen (secondary N) is 1. The maximum absolute atomic E-state index is 10.3. The average Bonchev–Trinajstić information content (AvgIpc) is 2.33. The Balaban J connectivity index is 2.31. The zero-order chi connectivity index (χ0) is 11.2. The number of hydrogen-bond donors (Lipinski definition) is 1. The van der Waals surface area contributed by atoms with Crippen molar-refractivity contribution in [2.24, 2.45) is 4.99 Å². The van der Waals surface area contributed by atoms with Gasteiger partial charge in [0.1, 0.15) is 0 Å². The summed E-state index contributed by atoms with van der Waals surface area (Å²) >= 11 is 0. The number of anilines is 2. The Morgan fingerprint density at radius 1 is 0.938 bits per heavy atom. The van der Waals surface area contributed by atoms with Crippen LogP contribution in [0.3, 0.4) is 0 Å². The quantitative estimate of drug-likeness (QED) is 0.623.